The van der Waals surface area contributed by atoms with E-state index in [9.17, 15) is 14.9 Å². The average Bonchev–Trinajstić information content (AvgIpc) is 2.23. The maximum absolute atomic E-state index is 11.6. The number of fused-ring (bicyclic) bond motifs is 1. The van der Waals surface area contributed by atoms with Crippen LogP contribution in [0, 0.1) is 10.1 Å². The molecule has 5 nitrogen and oxygen atoms in total. The van der Waals surface area contributed by atoms with Gasteiger partial charge in [0, 0.05) is 23.8 Å². The van der Waals surface area contributed by atoms with Gasteiger partial charge in [0.25, 0.3) is 5.69 Å². The molecule has 0 aliphatic heterocycles. The Balaban J connectivity index is 2.85. The molecule has 0 radical (unpaired) electrons. The molecule has 1 aromatic carbocycles. The van der Waals surface area contributed by atoms with Gasteiger partial charge in [-0.25, -0.2) is 0 Å². The molecule has 76 valence electrons. The number of pyridine rings is 1. The van der Waals surface area contributed by atoms with Gasteiger partial charge in [-0.3, -0.25) is 14.9 Å². The van der Waals surface area contributed by atoms with Gasteiger partial charge in [0.05, 0.1) is 14.8 Å². The quantitative estimate of drug-likeness (QED) is 0.636. The maximum Gasteiger partial charge on any atom is 0.270 e. The number of nitrogens with zero attached hydrogens (tertiary/aromatic N) is 1. The van der Waals surface area contributed by atoms with Crippen LogP contribution in [0.1, 0.15) is 0 Å². The van der Waals surface area contributed by atoms with Crippen molar-refractivity contribution in [3.63, 3.8) is 0 Å². The second-order valence-corrected chi connectivity index (χ2v) is 3.81. The molecule has 0 saturated heterocycles. The summed E-state index contributed by atoms with van der Waals surface area (Å²) in [6.07, 6.45) is 1.51. The largest absolute Gasteiger partial charge is 0.360 e. The van der Waals surface area contributed by atoms with Gasteiger partial charge in [0.1, 0.15) is 0 Å². The summed E-state index contributed by atoms with van der Waals surface area (Å²) in [4.78, 5) is 24.5. The molecular formula is C9H5BrN2O3. The van der Waals surface area contributed by atoms with Crippen LogP contribution in [0.2, 0.25) is 0 Å². The molecule has 1 N–H and O–H groups in total. The van der Waals surface area contributed by atoms with Gasteiger partial charge in [0.15, 0.2) is 0 Å². The number of hydrogen-bond donors (Lipinski definition) is 1. The van der Waals surface area contributed by atoms with Gasteiger partial charge < -0.3 is 4.98 Å². The second kappa shape index (κ2) is 3.47. The third-order valence-electron chi connectivity index (χ3n) is 2.03. The lowest BCUT2D eigenvalue weighted by atomic mass is 10.2. The van der Waals surface area contributed by atoms with Crippen molar-refractivity contribution in [2.45, 2.75) is 0 Å². The van der Waals surface area contributed by atoms with Crippen LogP contribution in [0.15, 0.2) is 33.7 Å². The lowest BCUT2D eigenvalue weighted by Crippen LogP contribution is -2.03. The smallest absolute Gasteiger partial charge is 0.270 e. The molecule has 1 heterocycles. The molecule has 6 heteroatoms. The zero-order valence-electron chi connectivity index (χ0n) is 7.36. The number of non-ortho nitro benzene ring substituents is 1. The van der Waals surface area contributed by atoms with Crippen LogP contribution in [0.25, 0.3) is 10.9 Å². The average molecular weight is 269 g/mol. The van der Waals surface area contributed by atoms with Crippen LogP contribution >= 0.6 is 15.9 Å². The molecule has 0 spiro atoms. The Morgan fingerprint density at radius 3 is 2.80 bits per heavy atom. The molecule has 0 fully saturated rings. The van der Waals surface area contributed by atoms with Crippen LogP contribution < -0.4 is 5.43 Å². The summed E-state index contributed by atoms with van der Waals surface area (Å²) in [6, 6.07) is 4.13. The Morgan fingerprint density at radius 1 is 1.40 bits per heavy atom. The molecule has 0 aliphatic carbocycles. The number of benzene rings is 1. The van der Waals surface area contributed by atoms with E-state index in [0.717, 1.165) is 0 Å². The Kier molecular flexibility index (Phi) is 2.28. The van der Waals surface area contributed by atoms with E-state index >= 15 is 0 Å². The standard InChI is InChI=1S/C9H5BrN2O3/c10-7-4-11-8-2-1-5(12(14)15)3-6(8)9(7)13/h1-4H,(H,11,13). The fourth-order valence-corrected chi connectivity index (χ4v) is 1.62. The first kappa shape index (κ1) is 9.85. The summed E-state index contributed by atoms with van der Waals surface area (Å²) in [5, 5.41) is 10.8. The number of nitrogens with one attached hydrogen (secondary N) is 1. The van der Waals surface area contributed by atoms with E-state index in [1.54, 1.807) is 0 Å². The maximum atomic E-state index is 11.6. The van der Waals surface area contributed by atoms with Crippen LogP contribution in [0.3, 0.4) is 0 Å². The van der Waals surface area contributed by atoms with Gasteiger partial charge in [-0.1, -0.05) is 0 Å². The van der Waals surface area contributed by atoms with Crippen molar-refractivity contribution in [1.29, 1.82) is 0 Å². The molecular weight excluding hydrogens is 264 g/mol. The summed E-state index contributed by atoms with van der Waals surface area (Å²) in [7, 11) is 0. The van der Waals surface area contributed by atoms with Crippen LogP contribution in [0.5, 0.6) is 0 Å². The van der Waals surface area contributed by atoms with E-state index in [-0.39, 0.29) is 11.1 Å². The highest BCUT2D eigenvalue weighted by molar-refractivity contribution is 9.10. The number of nitro benzene ring substituents is 1. The number of hydrogen-bond acceptors (Lipinski definition) is 3. The summed E-state index contributed by atoms with van der Waals surface area (Å²) in [5.41, 5.74) is 0.229. The Bertz CT molecular complexity index is 606. The summed E-state index contributed by atoms with van der Waals surface area (Å²) in [6.45, 7) is 0. The highest BCUT2D eigenvalue weighted by Gasteiger charge is 2.09. The Morgan fingerprint density at radius 2 is 2.13 bits per heavy atom. The second-order valence-electron chi connectivity index (χ2n) is 2.95. The van der Waals surface area contributed by atoms with E-state index < -0.39 is 4.92 Å². The molecule has 0 atom stereocenters. The number of H-pyrrole nitrogens is 1. The third kappa shape index (κ3) is 1.63. The van der Waals surface area contributed by atoms with Crippen molar-refractivity contribution < 1.29 is 4.92 Å². The van der Waals surface area contributed by atoms with Gasteiger partial charge in [-0.05, 0) is 22.0 Å². The molecule has 0 bridgehead atoms. The number of halogens is 1. The topological polar surface area (TPSA) is 76.0 Å². The first-order valence-electron chi connectivity index (χ1n) is 4.05. The number of aromatic nitrogens is 1. The van der Waals surface area contributed by atoms with Crippen molar-refractivity contribution >= 4 is 32.5 Å². The van der Waals surface area contributed by atoms with E-state index in [1.165, 1.54) is 24.4 Å². The van der Waals surface area contributed by atoms with Crippen LogP contribution in [-0.4, -0.2) is 9.91 Å². The van der Waals surface area contributed by atoms with Gasteiger partial charge in [-0.2, -0.15) is 0 Å². The van der Waals surface area contributed by atoms with Crippen LogP contribution in [-0.2, 0) is 0 Å². The molecule has 2 rings (SSSR count). The number of rotatable bonds is 1. The lowest BCUT2D eigenvalue weighted by molar-refractivity contribution is -0.384. The summed E-state index contributed by atoms with van der Waals surface area (Å²) >= 11 is 3.06. The zero-order chi connectivity index (χ0) is 11.0. The highest BCUT2D eigenvalue weighted by atomic mass is 79.9. The van der Waals surface area contributed by atoms with E-state index in [4.69, 9.17) is 0 Å². The molecule has 15 heavy (non-hydrogen) atoms. The normalized spacial score (nSPS) is 10.5. The summed E-state index contributed by atoms with van der Waals surface area (Å²) < 4.78 is 0.357. The Labute approximate surface area is 92.0 Å². The molecule has 0 amide bonds. The van der Waals surface area contributed by atoms with Gasteiger partial charge >= 0.3 is 0 Å². The summed E-state index contributed by atoms with van der Waals surface area (Å²) in [5.74, 6) is 0. The first-order valence-corrected chi connectivity index (χ1v) is 4.84. The first-order chi connectivity index (χ1) is 7.09. The van der Waals surface area contributed by atoms with Crippen molar-refractivity contribution in [2.24, 2.45) is 0 Å². The lowest BCUT2D eigenvalue weighted by Gasteiger charge is -1.98. The zero-order valence-corrected chi connectivity index (χ0v) is 8.95. The van der Waals surface area contributed by atoms with Crippen molar-refractivity contribution in [1.82, 2.24) is 4.98 Å². The minimum atomic E-state index is -0.528. The molecule has 0 saturated carbocycles. The monoisotopic (exact) mass is 268 g/mol. The fraction of sp³-hybridized carbons (Fsp3) is 0. The van der Waals surface area contributed by atoms with Gasteiger partial charge in [-0.15, -0.1) is 0 Å². The predicted octanol–water partition coefficient (Wildman–Crippen LogP) is 2.20. The molecule has 0 unspecified atom stereocenters. The number of aromatic amines is 1. The van der Waals surface area contributed by atoms with Crippen molar-refractivity contribution in [3.05, 3.63) is 49.2 Å². The van der Waals surface area contributed by atoms with E-state index in [1.807, 2.05) is 0 Å². The van der Waals surface area contributed by atoms with E-state index in [2.05, 4.69) is 20.9 Å². The molecule has 1 aromatic heterocycles. The SMILES string of the molecule is O=c1c(Br)c[nH]c2ccc([N+](=O)[O-])cc12. The van der Waals surface area contributed by atoms with Crippen molar-refractivity contribution in [2.75, 3.05) is 0 Å². The molecule has 2 aromatic rings. The fourth-order valence-electron chi connectivity index (χ4n) is 1.29. The van der Waals surface area contributed by atoms with Crippen molar-refractivity contribution in [3.8, 4) is 0 Å². The van der Waals surface area contributed by atoms with Crippen LogP contribution in [0.4, 0.5) is 5.69 Å². The minimum Gasteiger partial charge on any atom is -0.360 e. The van der Waals surface area contributed by atoms with E-state index in [0.29, 0.717) is 15.4 Å². The third-order valence-corrected chi connectivity index (χ3v) is 2.62. The Hall–Kier alpha value is -1.69. The number of nitro groups is 1. The van der Waals surface area contributed by atoms with Gasteiger partial charge in [0.2, 0.25) is 5.43 Å². The minimum absolute atomic E-state index is 0.0916. The predicted molar refractivity (Wildman–Crippen MR) is 58.9 cm³/mol. The highest BCUT2D eigenvalue weighted by Crippen LogP contribution is 2.17. The molecule has 0 aliphatic rings.